The Morgan fingerprint density at radius 3 is 2.40 bits per heavy atom. The van der Waals surface area contributed by atoms with E-state index in [1.54, 1.807) is 42.5 Å². The number of amides is 3. The molecule has 156 valence electrons. The summed E-state index contributed by atoms with van der Waals surface area (Å²) in [6.45, 7) is -0.500. The first kappa shape index (κ1) is 21.6. The van der Waals surface area contributed by atoms with E-state index in [1.807, 2.05) is 0 Å². The van der Waals surface area contributed by atoms with Gasteiger partial charge in [0.15, 0.2) is 0 Å². The van der Waals surface area contributed by atoms with Crippen molar-refractivity contribution in [3.63, 3.8) is 0 Å². The topological polar surface area (TPSA) is 123 Å². The Hall–Kier alpha value is -3.07. The number of aliphatic hydroxyl groups is 1. The van der Waals surface area contributed by atoms with Crippen molar-refractivity contribution in [1.29, 1.82) is 0 Å². The number of H-pyrrole nitrogens is 1. The van der Waals surface area contributed by atoms with Crippen LogP contribution in [0.2, 0.25) is 10.0 Å². The summed E-state index contributed by atoms with van der Waals surface area (Å²) in [4.78, 5) is 39.3. The number of aromatic nitrogens is 1. The van der Waals surface area contributed by atoms with Gasteiger partial charge in [-0.25, -0.2) is 0 Å². The minimum atomic E-state index is -0.967. The van der Waals surface area contributed by atoms with Crippen molar-refractivity contribution in [1.82, 2.24) is 15.6 Å². The number of hydrogen-bond acceptors (Lipinski definition) is 4. The number of benzene rings is 2. The Bertz CT molecular complexity index is 1110. The molecule has 5 N–H and O–H groups in total. The quantitative estimate of drug-likeness (QED) is 0.384. The first-order valence-electron chi connectivity index (χ1n) is 8.85. The lowest BCUT2D eigenvalue weighted by molar-refractivity contribution is -0.136. The third-order valence-corrected chi connectivity index (χ3v) is 5.05. The molecule has 1 unspecified atom stereocenters. The van der Waals surface area contributed by atoms with Crippen LogP contribution in [0.25, 0.3) is 10.9 Å². The molecule has 1 aromatic heterocycles. The van der Waals surface area contributed by atoms with Crippen molar-refractivity contribution in [3.05, 3.63) is 63.8 Å². The molecule has 3 aromatic rings. The molecule has 0 saturated carbocycles. The predicted molar refractivity (Wildman–Crippen MR) is 115 cm³/mol. The minimum Gasteiger partial charge on any atom is -0.394 e. The maximum absolute atomic E-state index is 12.3. The Morgan fingerprint density at radius 2 is 1.77 bits per heavy atom. The lowest BCUT2D eigenvalue weighted by atomic mass is 10.1. The molecule has 0 saturated heterocycles. The van der Waals surface area contributed by atoms with Gasteiger partial charge in [0.1, 0.15) is 5.69 Å². The number of nitrogens with one attached hydrogen (secondary N) is 4. The molecule has 8 nitrogen and oxygen atoms in total. The van der Waals surface area contributed by atoms with Crippen LogP contribution in [0.1, 0.15) is 22.1 Å². The smallest absolute Gasteiger partial charge is 0.313 e. The van der Waals surface area contributed by atoms with Gasteiger partial charge in [-0.15, -0.1) is 0 Å². The van der Waals surface area contributed by atoms with Crippen LogP contribution in [0.3, 0.4) is 0 Å². The van der Waals surface area contributed by atoms with E-state index in [1.165, 1.54) is 7.05 Å². The van der Waals surface area contributed by atoms with Gasteiger partial charge in [-0.2, -0.15) is 0 Å². The predicted octanol–water partition coefficient (Wildman–Crippen LogP) is 2.62. The number of carbonyl (C=O) groups excluding carboxylic acids is 3. The molecule has 0 aliphatic heterocycles. The van der Waals surface area contributed by atoms with Gasteiger partial charge in [0.2, 0.25) is 0 Å². The molecule has 0 aliphatic carbocycles. The lowest BCUT2D eigenvalue weighted by Crippen LogP contribution is -2.39. The van der Waals surface area contributed by atoms with Gasteiger partial charge in [-0.1, -0.05) is 29.3 Å². The van der Waals surface area contributed by atoms with E-state index in [-0.39, 0.29) is 16.0 Å². The van der Waals surface area contributed by atoms with Gasteiger partial charge < -0.3 is 26.0 Å². The number of hydrogen-bond donors (Lipinski definition) is 5. The average molecular weight is 449 g/mol. The molecule has 1 heterocycles. The van der Waals surface area contributed by atoms with E-state index in [0.717, 1.165) is 0 Å². The molecule has 3 amide bonds. The van der Waals surface area contributed by atoms with Crippen LogP contribution in [0.15, 0.2) is 42.5 Å². The summed E-state index contributed by atoms with van der Waals surface area (Å²) in [5.41, 5.74) is 1.75. The van der Waals surface area contributed by atoms with Crippen molar-refractivity contribution in [3.8, 4) is 0 Å². The highest BCUT2D eigenvalue weighted by Crippen LogP contribution is 2.30. The number of anilines is 1. The summed E-state index contributed by atoms with van der Waals surface area (Å²) in [5.74, 6) is -2.17. The van der Waals surface area contributed by atoms with E-state index in [4.69, 9.17) is 23.2 Å². The van der Waals surface area contributed by atoms with Gasteiger partial charge in [-0.3, -0.25) is 14.4 Å². The van der Waals surface area contributed by atoms with Crippen molar-refractivity contribution in [2.75, 3.05) is 19.0 Å². The largest absolute Gasteiger partial charge is 0.394 e. The number of aromatic amines is 1. The summed E-state index contributed by atoms with van der Waals surface area (Å²) in [5, 5.41) is 18.3. The first-order chi connectivity index (χ1) is 14.3. The molecule has 3 rings (SSSR count). The van der Waals surface area contributed by atoms with E-state index >= 15 is 0 Å². The van der Waals surface area contributed by atoms with Crippen LogP contribution < -0.4 is 16.0 Å². The van der Waals surface area contributed by atoms with Gasteiger partial charge in [0.25, 0.3) is 5.91 Å². The van der Waals surface area contributed by atoms with Gasteiger partial charge in [0.05, 0.1) is 12.6 Å². The standard InChI is InChI=1S/C20H18Cl2N4O4/c1-23-18(28)15-8-10-7-11(5-6-14(10)25-15)24-19(29)20(30)26-16(9-27)17-12(21)3-2-4-13(17)22/h2-8,16,25,27H,9H2,1H3,(H,23,28)(H,24,29)(H,26,30). The van der Waals surface area contributed by atoms with Crippen LogP contribution >= 0.6 is 23.2 Å². The highest BCUT2D eigenvalue weighted by atomic mass is 35.5. The average Bonchev–Trinajstić information content (AvgIpc) is 3.15. The van der Waals surface area contributed by atoms with Crippen LogP contribution in [0, 0.1) is 0 Å². The molecule has 1 atom stereocenters. The van der Waals surface area contributed by atoms with Gasteiger partial charge in [-0.05, 0) is 36.4 Å². The zero-order valence-corrected chi connectivity index (χ0v) is 17.3. The third kappa shape index (κ3) is 4.56. The first-order valence-corrected chi connectivity index (χ1v) is 9.61. The highest BCUT2D eigenvalue weighted by Gasteiger charge is 2.23. The summed E-state index contributed by atoms with van der Waals surface area (Å²) >= 11 is 12.2. The van der Waals surface area contributed by atoms with E-state index in [9.17, 15) is 19.5 Å². The summed E-state index contributed by atoms with van der Waals surface area (Å²) in [6.07, 6.45) is 0. The normalized spacial score (nSPS) is 11.7. The fraction of sp³-hybridized carbons (Fsp3) is 0.150. The minimum absolute atomic E-state index is 0.257. The maximum Gasteiger partial charge on any atom is 0.313 e. The monoisotopic (exact) mass is 448 g/mol. The van der Waals surface area contributed by atoms with Gasteiger partial charge >= 0.3 is 11.8 Å². The molecule has 30 heavy (non-hydrogen) atoms. The molecule has 0 fully saturated rings. The van der Waals surface area contributed by atoms with Crippen LogP contribution in [0.5, 0.6) is 0 Å². The second kappa shape index (κ2) is 9.17. The maximum atomic E-state index is 12.3. The number of fused-ring (bicyclic) bond motifs is 1. The zero-order valence-electron chi connectivity index (χ0n) is 15.8. The fourth-order valence-corrected chi connectivity index (χ4v) is 3.59. The van der Waals surface area contributed by atoms with Crippen molar-refractivity contribution in [2.45, 2.75) is 6.04 Å². The third-order valence-electron chi connectivity index (χ3n) is 4.39. The number of halogens is 2. The molecule has 0 spiro atoms. The fourth-order valence-electron chi connectivity index (χ4n) is 2.93. The Morgan fingerprint density at radius 1 is 1.07 bits per heavy atom. The molecule has 10 heteroatoms. The number of aliphatic hydroxyl groups excluding tert-OH is 1. The Balaban J connectivity index is 1.73. The number of carbonyl (C=O) groups is 3. The summed E-state index contributed by atoms with van der Waals surface area (Å²) in [6, 6.07) is 10.3. The Kier molecular flexibility index (Phi) is 6.61. The van der Waals surface area contributed by atoms with Crippen LogP contribution in [0.4, 0.5) is 5.69 Å². The molecular formula is C20H18Cl2N4O4. The second-order valence-electron chi connectivity index (χ2n) is 6.36. The van der Waals surface area contributed by atoms with Crippen LogP contribution in [-0.4, -0.2) is 41.5 Å². The molecule has 0 aliphatic rings. The van der Waals surface area contributed by atoms with E-state index in [0.29, 0.717) is 27.8 Å². The van der Waals surface area contributed by atoms with Crippen molar-refractivity contribution >= 4 is 57.5 Å². The SMILES string of the molecule is CNC(=O)c1cc2cc(NC(=O)C(=O)NC(CO)c3c(Cl)cccc3Cl)ccc2[nH]1. The van der Waals surface area contributed by atoms with Gasteiger partial charge in [0, 0.05) is 39.2 Å². The van der Waals surface area contributed by atoms with E-state index in [2.05, 4.69) is 20.9 Å². The lowest BCUT2D eigenvalue weighted by Gasteiger charge is -2.19. The van der Waals surface area contributed by atoms with E-state index < -0.39 is 24.5 Å². The molecule has 0 bridgehead atoms. The molecular weight excluding hydrogens is 431 g/mol. The number of rotatable bonds is 5. The summed E-state index contributed by atoms with van der Waals surface area (Å²) < 4.78 is 0. The Labute approximate surface area is 181 Å². The highest BCUT2D eigenvalue weighted by molar-refractivity contribution is 6.40. The summed E-state index contributed by atoms with van der Waals surface area (Å²) in [7, 11) is 1.52. The second-order valence-corrected chi connectivity index (χ2v) is 7.18. The van der Waals surface area contributed by atoms with Crippen molar-refractivity contribution in [2.24, 2.45) is 0 Å². The van der Waals surface area contributed by atoms with Crippen LogP contribution in [-0.2, 0) is 9.59 Å². The van der Waals surface area contributed by atoms with Crippen molar-refractivity contribution < 1.29 is 19.5 Å². The molecule has 2 aromatic carbocycles. The molecule has 0 radical (unpaired) electrons. The zero-order chi connectivity index (χ0) is 21.8.